The number of carbonyl (C=O) groups excluding carboxylic acids is 1. The van der Waals surface area contributed by atoms with Gasteiger partial charge in [-0.05, 0) is 12.5 Å². The largest absolute Gasteiger partial charge is 0.471 e. The highest BCUT2D eigenvalue weighted by molar-refractivity contribution is 5.79. The molecule has 0 spiro atoms. The zero-order valence-electron chi connectivity index (χ0n) is 13.3. The number of hydrogen-bond donors (Lipinski definition) is 0. The lowest BCUT2D eigenvalue weighted by Crippen LogP contribution is -2.40. The summed E-state index contributed by atoms with van der Waals surface area (Å²) in [5.74, 6) is 1.54. The molecule has 0 unspecified atom stereocenters. The zero-order valence-corrected chi connectivity index (χ0v) is 13.3. The van der Waals surface area contributed by atoms with E-state index in [0.717, 1.165) is 23.4 Å². The smallest absolute Gasteiger partial charge is 0.228 e. The Labute approximate surface area is 139 Å². The molecule has 2 aromatic rings. The molecule has 0 aromatic carbocycles. The van der Waals surface area contributed by atoms with E-state index in [4.69, 9.17) is 14.0 Å². The molecule has 0 N–H and O–H groups in total. The van der Waals surface area contributed by atoms with Crippen LogP contribution < -0.4 is 4.74 Å². The van der Waals surface area contributed by atoms with E-state index in [2.05, 4.69) is 10.1 Å². The molecule has 7 heteroatoms. The molecule has 1 fully saturated rings. The average Bonchev–Trinajstić information content (AvgIpc) is 3.30. The van der Waals surface area contributed by atoms with Crippen LogP contribution in [0.5, 0.6) is 5.88 Å². The summed E-state index contributed by atoms with van der Waals surface area (Å²) in [6, 6.07) is 5.49. The summed E-state index contributed by atoms with van der Waals surface area (Å²) in [5, 5.41) is 4.11. The van der Waals surface area contributed by atoms with E-state index in [0.29, 0.717) is 38.6 Å². The summed E-state index contributed by atoms with van der Waals surface area (Å²) < 4.78 is 16.4. The van der Waals surface area contributed by atoms with E-state index in [1.54, 1.807) is 12.3 Å². The van der Waals surface area contributed by atoms with Gasteiger partial charge in [-0.3, -0.25) is 4.79 Å². The average molecular weight is 329 g/mol. The first-order valence-electron chi connectivity index (χ1n) is 8.18. The molecule has 1 amide bonds. The van der Waals surface area contributed by atoms with Crippen molar-refractivity contribution in [2.45, 2.75) is 26.0 Å². The first-order chi connectivity index (χ1) is 11.8. The summed E-state index contributed by atoms with van der Waals surface area (Å²) in [6.45, 7) is 2.67. The maximum absolute atomic E-state index is 12.6. The summed E-state index contributed by atoms with van der Waals surface area (Å²) in [5.41, 5.74) is 1.69. The third-order valence-corrected chi connectivity index (χ3v) is 4.49. The number of hydrogen-bond acceptors (Lipinski definition) is 6. The second-order valence-electron chi connectivity index (χ2n) is 6.06. The van der Waals surface area contributed by atoms with Gasteiger partial charge in [-0.1, -0.05) is 11.2 Å². The maximum atomic E-state index is 12.6. The monoisotopic (exact) mass is 329 g/mol. The van der Waals surface area contributed by atoms with E-state index in [9.17, 15) is 4.79 Å². The number of amides is 1. The lowest BCUT2D eigenvalue weighted by atomic mass is 10.0. The minimum Gasteiger partial charge on any atom is -0.471 e. The molecule has 0 radical (unpaired) electrons. The molecule has 2 aliphatic rings. The van der Waals surface area contributed by atoms with Crippen LogP contribution in [0.1, 0.15) is 23.4 Å². The molecule has 2 aromatic heterocycles. The van der Waals surface area contributed by atoms with E-state index in [1.807, 2.05) is 17.0 Å². The SMILES string of the molecule is O=C([C@H]1CCOC1)N1CCc2onc(COc3ccccn3)c2C1. The second-order valence-corrected chi connectivity index (χ2v) is 6.06. The number of pyridine rings is 1. The molecule has 7 nitrogen and oxygen atoms in total. The summed E-state index contributed by atoms with van der Waals surface area (Å²) in [7, 11) is 0. The first-order valence-corrected chi connectivity index (χ1v) is 8.18. The fourth-order valence-electron chi connectivity index (χ4n) is 3.13. The van der Waals surface area contributed by atoms with Crippen LogP contribution in [0.4, 0.5) is 0 Å². The van der Waals surface area contributed by atoms with Crippen LogP contribution in [0, 0.1) is 5.92 Å². The highest BCUT2D eigenvalue weighted by Gasteiger charge is 2.32. The minimum absolute atomic E-state index is 0.0142. The van der Waals surface area contributed by atoms with Gasteiger partial charge in [-0.2, -0.15) is 0 Å². The van der Waals surface area contributed by atoms with Gasteiger partial charge in [0.2, 0.25) is 11.8 Å². The van der Waals surface area contributed by atoms with Crippen molar-refractivity contribution in [2.24, 2.45) is 5.92 Å². The van der Waals surface area contributed by atoms with Crippen molar-refractivity contribution in [1.82, 2.24) is 15.0 Å². The predicted octanol–water partition coefficient (Wildman–Crippen LogP) is 1.57. The number of ether oxygens (including phenoxy) is 2. The molecule has 4 rings (SSSR count). The van der Waals surface area contributed by atoms with Gasteiger partial charge in [-0.25, -0.2) is 4.98 Å². The quantitative estimate of drug-likeness (QED) is 0.847. The number of fused-ring (bicyclic) bond motifs is 1. The van der Waals surface area contributed by atoms with E-state index >= 15 is 0 Å². The fraction of sp³-hybridized carbons (Fsp3) is 0.471. The Balaban J connectivity index is 1.44. The molecule has 126 valence electrons. The molecule has 1 atom stereocenters. The van der Waals surface area contributed by atoms with Gasteiger partial charge in [-0.15, -0.1) is 0 Å². The maximum Gasteiger partial charge on any atom is 0.228 e. The van der Waals surface area contributed by atoms with Gasteiger partial charge >= 0.3 is 0 Å². The molecule has 0 saturated carbocycles. The highest BCUT2D eigenvalue weighted by atomic mass is 16.5. The summed E-state index contributed by atoms with van der Waals surface area (Å²) in [6.07, 6.45) is 3.17. The molecule has 0 aliphatic carbocycles. The fourth-order valence-corrected chi connectivity index (χ4v) is 3.13. The summed E-state index contributed by atoms with van der Waals surface area (Å²) >= 11 is 0. The molecule has 24 heavy (non-hydrogen) atoms. The highest BCUT2D eigenvalue weighted by Crippen LogP contribution is 2.26. The van der Waals surface area contributed by atoms with Crippen molar-refractivity contribution in [2.75, 3.05) is 19.8 Å². The zero-order chi connectivity index (χ0) is 16.4. The van der Waals surface area contributed by atoms with Crippen molar-refractivity contribution in [3.05, 3.63) is 41.4 Å². The molecular weight excluding hydrogens is 310 g/mol. The lowest BCUT2D eigenvalue weighted by molar-refractivity contribution is -0.136. The third kappa shape index (κ3) is 2.99. The van der Waals surface area contributed by atoms with Gasteiger partial charge in [0.1, 0.15) is 18.1 Å². The van der Waals surface area contributed by atoms with Crippen LogP contribution in [-0.4, -0.2) is 40.7 Å². The lowest BCUT2D eigenvalue weighted by Gasteiger charge is -2.28. The first kappa shape index (κ1) is 15.1. The topological polar surface area (TPSA) is 77.7 Å². The van der Waals surface area contributed by atoms with Crippen LogP contribution in [0.15, 0.2) is 28.9 Å². The normalized spacial score (nSPS) is 20.0. The van der Waals surface area contributed by atoms with Crippen LogP contribution in [-0.2, 0) is 29.1 Å². The van der Waals surface area contributed by atoms with E-state index in [1.165, 1.54) is 0 Å². The van der Waals surface area contributed by atoms with Crippen LogP contribution >= 0.6 is 0 Å². The third-order valence-electron chi connectivity index (χ3n) is 4.49. The Morgan fingerprint density at radius 3 is 3.17 bits per heavy atom. The standard InChI is InChI=1S/C17H19N3O4/c21-17(12-5-8-22-10-12)20-7-4-15-13(9-20)14(19-24-15)11-23-16-3-1-2-6-18-16/h1-3,6,12H,4-5,7-11H2/t12-/m0/s1. The van der Waals surface area contributed by atoms with Crippen LogP contribution in [0.3, 0.4) is 0 Å². The number of rotatable bonds is 4. The Morgan fingerprint density at radius 1 is 1.42 bits per heavy atom. The molecule has 0 bridgehead atoms. The van der Waals surface area contributed by atoms with Gasteiger partial charge in [0, 0.05) is 37.4 Å². The predicted molar refractivity (Wildman–Crippen MR) is 83.1 cm³/mol. The minimum atomic E-state index is -0.0142. The number of nitrogens with zero attached hydrogens (tertiary/aromatic N) is 3. The van der Waals surface area contributed by atoms with Crippen molar-refractivity contribution < 1.29 is 18.8 Å². The Kier molecular flexibility index (Phi) is 4.17. The second kappa shape index (κ2) is 6.60. The Hall–Kier alpha value is -2.41. The van der Waals surface area contributed by atoms with Gasteiger partial charge in [0.05, 0.1) is 19.1 Å². The molecule has 1 saturated heterocycles. The van der Waals surface area contributed by atoms with Crippen molar-refractivity contribution >= 4 is 5.91 Å². The van der Waals surface area contributed by atoms with E-state index < -0.39 is 0 Å². The van der Waals surface area contributed by atoms with E-state index in [-0.39, 0.29) is 18.4 Å². The Bertz CT molecular complexity index is 710. The van der Waals surface area contributed by atoms with Crippen molar-refractivity contribution in [3.8, 4) is 5.88 Å². The molecular formula is C17H19N3O4. The summed E-state index contributed by atoms with van der Waals surface area (Å²) in [4.78, 5) is 18.6. The van der Waals surface area contributed by atoms with Crippen molar-refractivity contribution in [3.63, 3.8) is 0 Å². The molecule has 2 aliphatic heterocycles. The van der Waals surface area contributed by atoms with Crippen LogP contribution in [0.25, 0.3) is 0 Å². The van der Waals surface area contributed by atoms with Crippen molar-refractivity contribution in [1.29, 1.82) is 0 Å². The number of carbonyl (C=O) groups is 1. The molecule has 4 heterocycles. The Morgan fingerprint density at radius 2 is 2.38 bits per heavy atom. The number of aromatic nitrogens is 2. The van der Waals surface area contributed by atoms with Gasteiger partial charge in [0.25, 0.3) is 0 Å². The van der Waals surface area contributed by atoms with Gasteiger partial charge in [0.15, 0.2) is 0 Å². The van der Waals surface area contributed by atoms with Gasteiger partial charge < -0.3 is 18.9 Å². The van der Waals surface area contributed by atoms with Crippen LogP contribution in [0.2, 0.25) is 0 Å².